The third-order valence-corrected chi connectivity index (χ3v) is 8.33. The molecule has 3 atom stereocenters. The smallest absolute Gasteiger partial charge is 0.469 e. The average Bonchev–Trinajstić information content (AvgIpc) is 3.06. The molecule has 9 nitrogen and oxygen atoms in total. The molecule has 0 fully saturated rings. The number of ether oxygens (including phenoxy) is 2. The van der Waals surface area contributed by atoms with Crippen molar-refractivity contribution in [1.29, 1.82) is 0 Å². The zero-order valence-corrected chi connectivity index (χ0v) is 31.4. The van der Waals surface area contributed by atoms with Gasteiger partial charge in [0.2, 0.25) is 0 Å². The largest absolute Gasteiger partial charge is 0.498 e. The molecule has 0 rings (SSSR count). The number of aliphatic hydroxyl groups is 2. The molecule has 0 aromatic carbocycles. The third-order valence-electron chi connectivity index (χ3n) is 7.85. The summed E-state index contributed by atoms with van der Waals surface area (Å²) in [7, 11) is -4.75. The second-order valence-electron chi connectivity index (χ2n) is 12.5. The maximum Gasteiger partial charge on any atom is 0.469 e. The topological polar surface area (TPSA) is 143 Å². The number of unbranched alkanes of at least 4 members (excludes halogenated alkanes) is 12. The summed E-state index contributed by atoms with van der Waals surface area (Å²) < 4.78 is 26.5. The number of rotatable bonds is 34. The Balaban J connectivity index is 4.19. The molecular formula is C39H69O9P. The van der Waals surface area contributed by atoms with E-state index < -0.39 is 38.7 Å². The van der Waals surface area contributed by atoms with Crippen LogP contribution in [-0.2, 0) is 23.4 Å². The first-order valence-corrected chi connectivity index (χ1v) is 20.3. The molecule has 0 aromatic heterocycles. The number of carbonyl (C=O) groups excluding carboxylic acids is 1. The lowest BCUT2D eigenvalue weighted by atomic mass is 10.0. The van der Waals surface area contributed by atoms with Crippen LogP contribution >= 0.6 is 7.82 Å². The Kier molecular flexibility index (Phi) is 33.0. The van der Waals surface area contributed by atoms with Gasteiger partial charge in [-0.15, -0.1) is 0 Å². The summed E-state index contributed by atoms with van der Waals surface area (Å²) in [5.41, 5.74) is 0. The number of esters is 1. The summed E-state index contributed by atoms with van der Waals surface area (Å²) in [4.78, 5) is 30.5. The van der Waals surface area contributed by atoms with E-state index in [-0.39, 0.29) is 25.9 Å². The van der Waals surface area contributed by atoms with E-state index in [2.05, 4.69) is 54.8 Å². The van der Waals surface area contributed by atoms with E-state index in [1.54, 1.807) is 0 Å². The number of hydrogen-bond acceptors (Lipinski definition) is 7. The van der Waals surface area contributed by atoms with Gasteiger partial charge in [0.1, 0.15) is 6.61 Å². The number of allylic oxidation sites excluding steroid dienone is 8. The number of carbonyl (C=O) groups is 1. The Morgan fingerprint density at radius 3 is 1.73 bits per heavy atom. The fourth-order valence-electron chi connectivity index (χ4n) is 4.96. The maximum absolute atomic E-state index is 12.4. The fraction of sp³-hybridized carbons (Fsp3) is 0.718. The van der Waals surface area contributed by atoms with Crippen molar-refractivity contribution in [2.45, 2.75) is 167 Å². The Hall–Kier alpha value is -2.00. The summed E-state index contributed by atoms with van der Waals surface area (Å²) in [6.07, 6.45) is 37.6. The Morgan fingerprint density at radius 1 is 0.653 bits per heavy atom. The first-order valence-electron chi connectivity index (χ1n) is 18.8. The van der Waals surface area contributed by atoms with Gasteiger partial charge in [0.15, 0.2) is 6.10 Å². The van der Waals surface area contributed by atoms with Crippen molar-refractivity contribution in [3.8, 4) is 0 Å². The molecule has 0 bridgehead atoms. The summed E-state index contributed by atoms with van der Waals surface area (Å²) in [6, 6.07) is 0. The van der Waals surface area contributed by atoms with Gasteiger partial charge in [0.25, 0.3) is 0 Å². The van der Waals surface area contributed by atoms with Gasteiger partial charge in [0, 0.05) is 6.42 Å². The molecule has 0 radical (unpaired) electrons. The van der Waals surface area contributed by atoms with Crippen molar-refractivity contribution in [1.82, 2.24) is 0 Å². The Labute approximate surface area is 297 Å². The van der Waals surface area contributed by atoms with E-state index in [1.165, 1.54) is 70.5 Å². The zero-order chi connectivity index (χ0) is 36.3. The molecular weight excluding hydrogens is 643 g/mol. The van der Waals surface area contributed by atoms with Crippen LogP contribution in [0.15, 0.2) is 60.9 Å². The van der Waals surface area contributed by atoms with Crippen molar-refractivity contribution in [2.24, 2.45) is 0 Å². The minimum atomic E-state index is -4.75. The van der Waals surface area contributed by atoms with Crippen molar-refractivity contribution in [2.75, 3.05) is 13.2 Å². The van der Waals surface area contributed by atoms with Crippen molar-refractivity contribution in [3.05, 3.63) is 60.9 Å². The molecule has 0 unspecified atom stereocenters. The molecule has 49 heavy (non-hydrogen) atoms. The van der Waals surface area contributed by atoms with Crippen molar-refractivity contribution in [3.63, 3.8) is 0 Å². The molecule has 4 N–H and O–H groups in total. The van der Waals surface area contributed by atoms with Crippen LogP contribution in [-0.4, -0.2) is 57.5 Å². The number of aliphatic hydroxyl groups excluding tert-OH is 2. The highest BCUT2D eigenvalue weighted by atomic mass is 31.2. The molecule has 0 spiro atoms. The predicted molar refractivity (Wildman–Crippen MR) is 200 cm³/mol. The van der Waals surface area contributed by atoms with E-state index in [1.807, 2.05) is 18.2 Å². The van der Waals surface area contributed by atoms with Gasteiger partial charge in [-0.1, -0.05) is 133 Å². The summed E-state index contributed by atoms with van der Waals surface area (Å²) in [6.45, 7) is 3.73. The maximum atomic E-state index is 12.4. The molecule has 0 saturated carbocycles. The van der Waals surface area contributed by atoms with Crippen molar-refractivity contribution >= 4 is 13.8 Å². The average molecular weight is 713 g/mol. The van der Waals surface area contributed by atoms with E-state index in [0.29, 0.717) is 6.42 Å². The number of phosphoric ester groups is 1. The molecule has 0 aliphatic heterocycles. The molecule has 0 amide bonds. The molecule has 0 aliphatic rings. The zero-order valence-electron chi connectivity index (χ0n) is 30.5. The van der Waals surface area contributed by atoms with Crippen LogP contribution in [0.3, 0.4) is 0 Å². The van der Waals surface area contributed by atoms with Crippen molar-refractivity contribution < 1.29 is 43.4 Å². The van der Waals surface area contributed by atoms with Crippen LogP contribution in [0.4, 0.5) is 0 Å². The summed E-state index contributed by atoms with van der Waals surface area (Å²) >= 11 is 0. The predicted octanol–water partition coefficient (Wildman–Crippen LogP) is 9.72. The number of phosphoric acid groups is 1. The van der Waals surface area contributed by atoms with E-state index in [9.17, 15) is 19.6 Å². The lowest BCUT2D eigenvalue weighted by Gasteiger charge is -2.19. The van der Waals surface area contributed by atoms with Crippen LogP contribution in [0.25, 0.3) is 0 Å². The highest BCUT2D eigenvalue weighted by Crippen LogP contribution is 2.36. The lowest BCUT2D eigenvalue weighted by Crippen LogP contribution is -2.28. The van der Waals surface area contributed by atoms with Crippen LogP contribution in [0, 0.1) is 0 Å². The Bertz CT molecular complexity index is 954. The monoisotopic (exact) mass is 712 g/mol. The molecule has 10 heteroatoms. The minimum absolute atomic E-state index is 0.0328. The van der Waals surface area contributed by atoms with Crippen LogP contribution < -0.4 is 0 Å². The van der Waals surface area contributed by atoms with Gasteiger partial charge in [-0.05, 0) is 63.9 Å². The molecule has 284 valence electrons. The standard InChI is InChI=1S/C39H69O9P/c1-3-5-7-9-11-13-15-17-18-20-22-24-26-28-33-46-34-36(35-47-49(43,44)45)48-39(42)32-29-31-38(41)37(40)30-27-25-23-21-19-16-14-12-10-8-6-4-2/h6,8,12,14,19,21,25,27-28,33,36-38,40-41H,3-5,7,9-11,13,15-18,20,22-24,26,29-32,34-35H2,1-2H3,(H2,43,44,45)/b8-6-,14-12-,21-19-,27-25-,33-28+/t36-,37-,38-/m1/s1. The van der Waals surface area contributed by atoms with Crippen LogP contribution in [0.5, 0.6) is 0 Å². The second kappa shape index (κ2) is 34.4. The van der Waals surface area contributed by atoms with Gasteiger partial charge in [0.05, 0.1) is 25.1 Å². The van der Waals surface area contributed by atoms with Gasteiger partial charge in [-0.25, -0.2) is 4.57 Å². The van der Waals surface area contributed by atoms with E-state index in [4.69, 9.17) is 19.3 Å². The van der Waals surface area contributed by atoms with E-state index >= 15 is 0 Å². The van der Waals surface area contributed by atoms with E-state index in [0.717, 1.165) is 44.9 Å². The molecule has 0 saturated heterocycles. The molecule has 0 aliphatic carbocycles. The first kappa shape index (κ1) is 47.0. The normalized spacial score (nSPS) is 14.6. The first-order chi connectivity index (χ1) is 23.7. The van der Waals surface area contributed by atoms with Gasteiger partial charge in [-0.2, -0.15) is 0 Å². The molecule has 0 heterocycles. The van der Waals surface area contributed by atoms with Crippen LogP contribution in [0.1, 0.15) is 149 Å². The van der Waals surface area contributed by atoms with Crippen LogP contribution in [0.2, 0.25) is 0 Å². The van der Waals surface area contributed by atoms with Gasteiger partial charge >= 0.3 is 13.8 Å². The minimum Gasteiger partial charge on any atom is -0.498 e. The van der Waals surface area contributed by atoms with Gasteiger partial charge < -0.3 is 29.5 Å². The summed E-state index contributed by atoms with van der Waals surface area (Å²) in [5, 5.41) is 20.5. The third kappa shape index (κ3) is 35.6. The highest BCUT2D eigenvalue weighted by Gasteiger charge is 2.22. The second-order valence-corrected chi connectivity index (χ2v) is 13.8. The Morgan fingerprint density at radius 2 is 1.18 bits per heavy atom. The SMILES string of the molecule is CC/C=C\C/C=C\C/C=C\C/C=C\C[C@@H](O)[C@H](O)CCCC(=O)O[C@H](CO/C=C/CCCCCCCCCCCCCC)COP(=O)(O)O. The quantitative estimate of drug-likeness (QED) is 0.0169. The molecule has 0 aromatic rings. The van der Waals surface area contributed by atoms with Gasteiger partial charge in [-0.3, -0.25) is 9.32 Å². The summed E-state index contributed by atoms with van der Waals surface area (Å²) in [5.74, 6) is -0.607. The lowest BCUT2D eigenvalue weighted by molar-refractivity contribution is -0.153. The number of hydrogen-bond donors (Lipinski definition) is 4. The highest BCUT2D eigenvalue weighted by molar-refractivity contribution is 7.46. The fourth-order valence-corrected chi connectivity index (χ4v) is 5.32.